The SMILES string of the molecule is CCCCCCCCCCCCCCCC(S)(S)S. The Morgan fingerprint density at radius 2 is 0.842 bits per heavy atom. The molecule has 0 aliphatic heterocycles. The fourth-order valence-corrected chi connectivity index (χ4v) is 2.85. The predicted octanol–water partition coefficient (Wildman–Crippen LogP) is 6.91. The number of hydrogen-bond donors (Lipinski definition) is 3. The minimum absolute atomic E-state index is 0.377. The monoisotopic (exact) mass is 322 g/mol. The fourth-order valence-electron chi connectivity index (χ4n) is 2.38. The zero-order valence-corrected chi connectivity index (χ0v) is 15.4. The van der Waals surface area contributed by atoms with E-state index < -0.39 is 0 Å². The van der Waals surface area contributed by atoms with Crippen molar-refractivity contribution in [1.29, 1.82) is 0 Å². The lowest BCUT2D eigenvalue weighted by Crippen LogP contribution is -2.01. The summed E-state index contributed by atoms with van der Waals surface area (Å²) in [5.41, 5.74) is 0. The number of rotatable bonds is 14. The van der Waals surface area contributed by atoms with E-state index in [0.29, 0.717) is 0 Å². The van der Waals surface area contributed by atoms with Crippen LogP contribution in [0, 0.1) is 0 Å². The van der Waals surface area contributed by atoms with E-state index in [1.807, 2.05) is 0 Å². The van der Waals surface area contributed by atoms with Gasteiger partial charge in [-0.1, -0.05) is 90.4 Å². The minimum Gasteiger partial charge on any atom is -0.151 e. The molecular weight excluding hydrogens is 288 g/mol. The van der Waals surface area contributed by atoms with Crippen molar-refractivity contribution in [1.82, 2.24) is 0 Å². The molecule has 0 aliphatic rings. The number of thiol groups is 3. The molecule has 19 heavy (non-hydrogen) atoms. The van der Waals surface area contributed by atoms with Crippen LogP contribution in [0.1, 0.15) is 96.8 Å². The number of unbranched alkanes of at least 4 members (excludes halogenated alkanes) is 12. The van der Waals surface area contributed by atoms with E-state index in [-0.39, 0.29) is 3.41 Å². The third-order valence-corrected chi connectivity index (χ3v) is 4.29. The Morgan fingerprint density at radius 1 is 0.526 bits per heavy atom. The maximum atomic E-state index is 4.30. The Labute approximate surface area is 138 Å². The van der Waals surface area contributed by atoms with E-state index in [4.69, 9.17) is 0 Å². The van der Waals surface area contributed by atoms with Gasteiger partial charge in [-0.3, -0.25) is 0 Å². The van der Waals surface area contributed by atoms with Crippen LogP contribution in [0.3, 0.4) is 0 Å². The molecule has 0 aliphatic carbocycles. The van der Waals surface area contributed by atoms with E-state index in [9.17, 15) is 0 Å². The zero-order valence-electron chi connectivity index (χ0n) is 12.7. The molecule has 0 atom stereocenters. The molecule has 0 spiro atoms. The molecular formula is C16H34S3. The van der Waals surface area contributed by atoms with Crippen LogP contribution < -0.4 is 0 Å². The summed E-state index contributed by atoms with van der Waals surface area (Å²) in [5, 5.41) is 0. The largest absolute Gasteiger partial charge is 0.151 e. The van der Waals surface area contributed by atoms with Crippen LogP contribution in [0.25, 0.3) is 0 Å². The van der Waals surface area contributed by atoms with E-state index in [2.05, 4.69) is 44.8 Å². The molecule has 0 N–H and O–H groups in total. The first-order chi connectivity index (χ1) is 9.06. The van der Waals surface area contributed by atoms with Gasteiger partial charge in [-0.15, -0.1) is 0 Å². The summed E-state index contributed by atoms with van der Waals surface area (Å²) in [6.45, 7) is 2.28. The summed E-state index contributed by atoms with van der Waals surface area (Å²) in [6.07, 6.45) is 19.1. The lowest BCUT2D eigenvalue weighted by atomic mass is 10.0. The molecule has 0 nitrogen and oxygen atoms in total. The van der Waals surface area contributed by atoms with Crippen LogP contribution in [0.15, 0.2) is 0 Å². The van der Waals surface area contributed by atoms with Gasteiger partial charge in [0.1, 0.15) is 0 Å². The first-order valence-corrected chi connectivity index (χ1v) is 9.57. The van der Waals surface area contributed by atoms with Crippen molar-refractivity contribution in [2.45, 2.75) is 100 Å². The highest BCUT2D eigenvalue weighted by molar-refractivity contribution is 8.16. The Hall–Kier alpha value is 1.05. The van der Waals surface area contributed by atoms with Gasteiger partial charge in [-0.05, 0) is 6.42 Å². The first-order valence-electron chi connectivity index (χ1n) is 8.23. The maximum absolute atomic E-state index is 4.30. The van der Waals surface area contributed by atoms with Crippen molar-refractivity contribution >= 4 is 37.9 Å². The van der Waals surface area contributed by atoms with Gasteiger partial charge >= 0.3 is 0 Å². The smallest absolute Gasteiger partial charge is 0.0980 e. The van der Waals surface area contributed by atoms with Crippen LogP contribution in [0.5, 0.6) is 0 Å². The molecule has 0 aromatic heterocycles. The van der Waals surface area contributed by atoms with Gasteiger partial charge < -0.3 is 0 Å². The van der Waals surface area contributed by atoms with Gasteiger partial charge in [0.2, 0.25) is 0 Å². The molecule has 116 valence electrons. The topological polar surface area (TPSA) is 0 Å². The maximum Gasteiger partial charge on any atom is 0.0980 e. The van der Waals surface area contributed by atoms with E-state index in [1.165, 1.54) is 83.5 Å². The van der Waals surface area contributed by atoms with E-state index in [0.717, 1.165) is 6.42 Å². The van der Waals surface area contributed by atoms with Gasteiger partial charge in [0, 0.05) is 0 Å². The molecule has 0 unspecified atom stereocenters. The lowest BCUT2D eigenvalue weighted by Gasteiger charge is -2.14. The molecule has 0 radical (unpaired) electrons. The average Bonchev–Trinajstić information content (AvgIpc) is 2.34. The van der Waals surface area contributed by atoms with Gasteiger partial charge in [-0.25, -0.2) is 0 Å². The van der Waals surface area contributed by atoms with Crippen molar-refractivity contribution in [2.24, 2.45) is 0 Å². The van der Waals surface area contributed by atoms with Crippen molar-refractivity contribution in [3.8, 4) is 0 Å². The normalized spacial score (nSPS) is 12.0. The lowest BCUT2D eigenvalue weighted by molar-refractivity contribution is 0.537. The van der Waals surface area contributed by atoms with Crippen LogP contribution in [-0.2, 0) is 0 Å². The summed E-state index contributed by atoms with van der Waals surface area (Å²) in [7, 11) is 0. The second-order valence-electron chi connectivity index (χ2n) is 5.77. The Morgan fingerprint density at radius 3 is 1.16 bits per heavy atom. The Balaban J connectivity index is 2.99. The highest BCUT2D eigenvalue weighted by Gasteiger charge is 2.12. The van der Waals surface area contributed by atoms with Crippen LogP contribution >= 0.6 is 37.9 Å². The van der Waals surface area contributed by atoms with E-state index >= 15 is 0 Å². The van der Waals surface area contributed by atoms with E-state index in [1.54, 1.807) is 0 Å². The Kier molecular flexibility index (Phi) is 14.8. The molecule has 0 saturated carbocycles. The van der Waals surface area contributed by atoms with Gasteiger partial charge in [0.05, 0.1) is 3.41 Å². The molecule has 0 amide bonds. The van der Waals surface area contributed by atoms with Crippen molar-refractivity contribution in [3.63, 3.8) is 0 Å². The molecule has 0 aromatic carbocycles. The summed E-state index contributed by atoms with van der Waals surface area (Å²) in [4.78, 5) is 0. The second kappa shape index (κ2) is 14.0. The van der Waals surface area contributed by atoms with Crippen molar-refractivity contribution in [3.05, 3.63) is 0 Å². The van der Waals surface area contributed by atoms with Gasteiger partial charge in [0.15, 0.2) is 0 Å². The fraction of sp³-hybridized carbons (Fsp3) is 1.00. The summed E-state index contributed by atoms with van der Waals surface area (Å²) in [6, 6.07) is 0. The minimum atomic E-state index is -0.377. The molecule has 0 aromatic rings. The van der Waals surface area contributed by atoms with Crippen molar-refractivity contribution < 1.29 is 0 Å². The van der Waals surface area contributed by atoms with Crippen LogP contribution in [0.4, 0.5) is 0 Å². The van der Waals surface area contributed by atoms with Crippen LogP contribution in [-0.4, -0.2) is 3.41 Å². The molecule has 3 heteroatoms. The molecule has 0 heterocycles. The summed E-state index contributed by atoms with van der Waals surface area (Å²) >= 11 is 12.9. The third kappa shape index (κ3) is 19.0. The average molecular weight is 323 g/mol. The molecule has 0 fully saturated rings. The summed E-state index contributed by atoms with van der Waals surface area (Å²) in [5.74, 6) is 0. The first kappa shape index (κ1) is 20.1. The molecule has 0 bridgehead atoms. The number of hydrogen-bond acceptors (Lipinski definition) is 3. The molecule has 0 rings (SSSR count). The quantitative estimate of drug-likeness (QED) is 0.173. The predicted molar refractivity (Wildman–Crippen MR) is 100 cm³/mol. The summed E-state index contributed by atoms with van der Waals surface area (Å²) < 4.78 is -0.377. The third-order valence-electron chi connectivity index (χ3n) is 3.62. The Bertz CT molecular complexity index is 175. The highest BCUT2D eigenvalue weighted by Crippen LogP contribution is 2.30. The van der Waals surface area contributed by atoms with Gasteiger partial charge in [0.25, 0.3) is 0 Å². The van der Waals surface area contributed by atoms with Crippen molar-refractivity contribution in [2.75, 3.05) is 0 Å². The standard InChI is InChI=1S/C16H34S3/c1-2-3-4-5-6-7-8-9-10-11-12-13-14-15-16(17,18)19/h17-19H,2-15H2,1H3. The zero-order chi connectivity index (χ0) is 14.4. The highest BCUT2D eigenvalue weighted by atomic mass is 32.2. The molecule has 0 saturated heterocycles. The second-order valence-corrected chi connectivity index (χ2v) is 9.12. The van der Waals surface area contributed by atoms with Crippen LogP contribution in [0.2, 0.25) is 0 Å². The van der Waals surface area contributed by atoms with Gasteiger partial charge in [-0.2, -0.15) is 37.9 Å².